The van der Waals surface area contributed by atoms with Crippen LogP contribution in [-0.4, -0.2) is 48.3 Å². The van der Waals surface area contributed by atoms with Gasteiger partial charge in [-0.1, -0.05) is 39.5 Å². The van der Waals surface area contributed by atoms with Crippen LogP contribution in [0.4, 0.5) is 0 Å². The number of amides is 1. The minimum Gasteiger partial charge on any atom is -0.354 e. The summed E-state index contributed by atoms with van der Waals surface area (Å²) in [4.78, 5) is 17.4. The molecule has 0 aliphatic carbocycles. The minimum absolute atomic E-state index is 0.0361. The van der Waals surface area contributed by atoms with Crippen molar-refractivity contribution in [3.05, 3.63) is 24.0 Å². The maximum atomic E-state index is 12.5. The number of aryl methyl sites for hydroxylation is 2. The first-order valence-corrected chi connectivity index (χ1v) is 12.9. The molecule has 174 valence electrons. The molecule has 1 heterocycles. The Balaban J connectivity index is 2.18. The van der Waals surface area contributed by atoms with Crippen molar-refractivity contribution in [3.63, 3.8) is 0 Å². The number of rotatable bonds is 13. The highest BCUT2D eigenvalue weighted by molar-refractivity contribution is 7.89. The molecule has 0 aliphatic heterocycles. The van der Waals surface area contributed by atoms with Gasteiger partial charge in [-0.25, -0.2) is 17.7 Å². The number of imidazole rings is 1. The standard InChI is InChI=1S/C23H38N4O3S/c1-6-8-10-11-18(3)24-23(28)15-14-22-25-20-17-19(31(29,30)26(4)5)12-13-21(20)27(22)16-9-7-2/h12-13,17-18H,6-11,14-16H2,1-5H3,(H,24,28). The van der Waals surface area contributed by atoms with Crippen LogP contribution in [0.5, 0.6) is 0 Å². The second-order valence-corrected chi connectivity index (χ2v) is 10.6. The number of nitrogens with zero attached hydrogens (tertiary/aromatic N) is 3. The van der Waals surface area contributed by atoms with E-state index in [9.17, 15) is 13.2 Å². The summed E-state index contributed by atoms with van der Waals surface area (Å²) in [6.45, 7) is 7.16. The van der Waals surface area contributed by atoms with Crippen LogP contribution in [0.1, 0.15) is 71.5 Å². The predicted octanol–water partition coefficient (Wildman–Crippen LogP) is 4.10. The molecule has 8 heteroatoms. The number of unbranched alkanes of at least 4 members (excludes halogenated alkanes) is 3. The molecular weight excluding hydrogens is 412 g/mol. The Morgan fingerprint density at radius 1 is 1.16 bits per heavy atom. The van der Waals surface area contributed by atoms with E-state index in [2.05, 4.69) is 30.7 Å². The van der Waals surface area contributed by atoms with E-state index in [1.54, 1.807) is 12.1 Å². The van der Waals surface area contributed by atoms with Crippen LogP contribution in [0, 0.1) is 0 Å². The van der Waals surface area contributed by atoms with Crippen molar-refractivity contribution in [1.29, 1.82) is 0 Å². The third-order valence-corrected chi connectivity index (χ3v) is 7.35. The van der Waals surface area contributed by atoms with Crippen molar-refractivity contribution in [2.75, 3.05) is 14.1 Å². The lowest BCUT2D eigenvalue weighted by Crippen LogP contribution is -2.32. The molecule has 7 nitrogen and oxygen atoms in total. The van der Waals surface area contributed by atoms with Gasteiger partial charge < -0.3 is 9.88 Å². The van der Waals surface area contributed by atoms with Crippen LogP contribution in [-0.2, 0) is 27.8 Å². The average Bonchev–Trinajstić information content (AvgIpc) is 3.07. The van der Waals surface area contributed by atoms with E-state index >= 15 is 0 Å². The number of benzene rings is 1. The van der Waals surface area contributed by atoms with E-state index < -0.39 is 10.0 Å². The summed E-state index contributed by atoms with van der Waals surface area (Å²) in [5.74, 6) is 0.866. The number of hydrogen-bond donors (Lipinski definition) is 1. The Morgan fingerprint density at radius 3 is 2.52 bits per heavy atom. The molecule has 1 unspecified atom stereocenters. The van der Waals surface area contributed by atoms with Crippen molar-refractivity contribution in [1.82, 2.24) is 19.2 Å². The Kier molecular flexibility index (Phi) is 9.50. The number of fused-ring (bicyclic) bond motifs is 1. The molecule has 0 fully saturated rings. The molecule has 0 bridgehead atoms. The number of carbonyl (C=O) groups excluding carboxylic acids is 1. The number of sulfonamides is 1. The molecule has 0 saturated carbocycles. The van der Waals surface area contributed by atoms with Gasteiger partial charge in [0.1, 0.15) is 5.82 Å². The first kappa shape index (κ1) is 25.3. The summed E-state index contributed by atoms with van der Waals surface area (Å²) in [6, 6.07) is 5.27. The van der Waals surface area contributed by atoms with E-state index in [4.69, 9.17) is 4.98 Å². The molecule has 1 amide bonds. The van der Waals surface area contributed by atoms with Gasteiger partial charge >= 0.3 is 0 Å². The fourth-order valence-corrected chi connectivity index (χ4v) is 4.55. The molecule has 1 aromatic carbocycles. The van der Waals surface area contributed by atoms with Gasteiger partial charge in [0, 0.05) is 39.5 Å². The Morgan fingerprint density at radius 2 is 1.87 bits per heavy atom. The van der Waals surface area contributed by atoms with Gasteiger partial charge in [0.25, 0.3) is 0 Å². The zero-order chi connectivity index (χ0) is 23.0. The van der Waals surface area contributed by atoms with Crippen molar-refractivity contribution in [2.24, 2.45) is 0 Å². The topological polar surface area (TPSA) is 84.3 Å². The fraction of sp³-hybridized carbons (Fsp3) is 0.652. The molecule has 0 aliphatic rings. The van der Waals surface area contributed by atoms with Crippen LogP contribution in [0.15, 0.2) is 23.1 Å². The molecule has 2 rings (SSSR count). The molecule has 31 heavy (non-hydrogen) atoms. The molecule has 1 N–H and O–H groups in total. The van der Waals surface area contributed by atoms with E-state index in [0.717, 1.165) is 43.6 Å². The second kappa shape index (κ2) is 11.6. The quantitative estimate of drug-likeness (QED) is 0.466. The summed E-state index contributed by atoms with van der Waals surface area (Å²) in [7, 11) is -0.477. The highest BCUT2D eigenvalue weighted by atomic mass is 32.2. The average molecular weight is 451 g/mol. The Bertz CT molecular complexity index is 967. The Labute approximate surface area is 187 Å². The smallest absolute Gasteiger partial charge is 0.242 e. The van der Waals surface area contributed by atoms with Gasteiger partial charge in [0.05, 0.1) is 15.9 Å². The lowest BCUT2D eigenvalue weighted by Gasteiger charge is -2.14. The van der Waals surface area contributed by atoms with Crippen LogP contribution in [0.25, 0.3) is 11.0 Å². The van der Waals surface area contributed by atoms with Gasteiger partial charge in [-0.2, -0.15) is 0 Å². The van der Waals surface area contributed by atoms with Gasteiger partial charge in [0.15, 0.2) is 0 Å². The summed E-state index contributed by atoms with van der Waals surface area (Å²) >= 11 is 0. The molecule has 1 aromatic heterocycles. The first-order chi connectivity index (χ1) is 14.7. The monoisotopic (exact) mass is 450 g/mol. The number of carbonyl (C=O) groups is 1. The number of aromatic nitrogens is 2. The van der Waals surface area contributed by atoms with Crippen LogP contribution in [0.3, 0.4) is 0 Å². The summed E-state index contributed by atoms with van der Waals surface area (Å²) in [6.07, 6.45) is 7.43. The lowest BCUT2D eigenvalue weighted by atomic mass is 10.1. The fourth-order valence-electron chi connectivity index (χ4n) is 3.63. The van der Waals surface area contributed by atoms with Crippen LogP contribution >= 0.6 is 0 Å². The van der Waals surface area contributed by atoms with Crippen LogP contribution < -0.4 is 5.32 Å². The molecular formula is C23H38N4O3S. The second-order valence-electron chi connectivity index (χ2n) is 8.44. The Hall–Kier alpha value is -1.93. The summed E-state index contributed by atoms with van der Waals surface area (Å²) in [5.41, 5.74) is 1.57. The largest absolute Gasteiger partial charge is 0.354 e. The number of hydrogen-bond acceptors (Lipinski definition) is 4. The van der Waals surface area contributed by atoms with Crippen molar-refractivity contribution < 1.29 is 13.2 Å². The van der Waals surface area contributed by atoms with E-state index in [1.165, 1.54) is 31.2 Å². The summed E-state index contributed by atoms with van der Waals surface area (Å²) < 4.78 is 28.3. The molecule has 0 saturated heterocycles. The highest BCUT2D eigenvalue weighted by Gasteiger charge is 2.20. The van der Waals surface area contributed by atoms with Crippen molar-refractivity contribution in [3.8, 4) is 0 Å². The zero-order valence-corrected chi connectivity index (χ0v) is 20.5. The van der Waals surface area contributed by atoms with Gasteiger partial charge in [-0.3, -0.25) is 4.79 Å². The van der Waals surface area contributed by atoms with E-state index in [0.29, 0.717) is 18.4 Å². The van der Waals surface area contributed by atoms with Crippen molar-refractivity contribution in [2.45, 2.75) is 89.6 Å². The third kappa shape index (κ3) is 6.77. The minimum atomic E-state index is -3.52. The van der Waals surface area contributed by atoms with Gasteiger partial charge in [-0.15, -0.1) is 0 Å². The maximum absolute atomic E-state index is 12.5. The lowest BCUT2D eigenvalue weighted by molar-refractivity contribution is -0.121. The first-order valence-electron chi connectivity index (χ1n) is 11.4. The van der Waals surface area contributed by atoms with Gasteiger partial charge in [0.2, 0.25) is 15.9 Å². The SMILES string of the molecule is CCCCCC(C)NC(=O)CCc1nc2cc(S(=O)(=O)N(C)C)ccc2n1CCCC. The molecule has 0 radical (unpaired) electrons. The summed E-state index contributed by atoms with van der Waals surface area (Å²) in [5, 5.41) is 3.09. The normalized spacial score (nSPS) is 13.1. The molecule has 1 atom stereocenters. The predicted molar refractivity (Wildman–Crippen MR) is 126 cm³/mol. The molecule has 2 aromatic rings. The highest BCUT2D eigenvalue weighted by Crippen LogP contribution is 2.23. The number of nitrogens with one attached hydrogen (secondary N) is 1. The van der Waals surface area contributed by atoms with E-state index in [-0.39, 0.29) is 16.8 Å². The van der Waals surface area contributed by atoms with Crippen LogP contribution in [0.2, 0.25) is 0 Å². The van der Waals surface area contributed by atoms with Gasteiger partial charge in [-0.05, 0) is 38.0 Å². The van der Waals surface area contributed by atoms with E-state index in [1.807, 2.05) is 6.07 Å². The maximum Gasteiger partial charge on any atom is 0.242 e. The zero-order valence-electron chi connectivity index (χ0n) is 19.6. The third-order valence-electron chi connectivity index (χ3n) is 5.54. The van der Waals surface area contributed by atoms with Crippen molar-refractivity contribution >= 4 is 27.0 Å². The molecule has 0 spiro atoms.